The van der Waals surface area contributed by atoms with Crippen LogP contribution in [0.3, 0.4) is 0 Å². The number of azo groups is 1. The summed E-state index contributed by atoms with van der Waals surface area (Å²) in [4.78, 5) is 10.6. The molecule has 1 amide bonds. The number of nitrogens with two attached hydrogens (primary N) is 1. The highest BCUT2D eigenvalue weighted by Gasteiger charge is 2.37. The summed E-state index contributed by atoms with van der Waals surface area (Å²) in [5, 5.41) is 7.01. The summed E-state index contributed by atoms with van der Waals surface area (Å²) in [6.07, 6.45) is 0. The fraction of sp³-hybridized carbons (Fsp3) is 0.800. The van der Waals surface area contributed by atoms with Crippen LogP contribution in [0.4, 0.5) is 0 Å². The van der Waals surface area contributed by atoms with Gasteiger partial charge in [0.15, 0.2) is 0 Å². The third kappa shape index (κ3) is 0.853. The molecule has 1 atom stereocenters. The van der Waals surface area contributed by atoms with Crippen LogP contribution in [0, 0.1) is 0 Å². The van der Waals surface area contributed by atoms with E-state index in [1.807, 2.05) is 0 Å². The van der Waals surface area contributed by atoms with Crippen LogP contribution in [-0.4, -0.2) is 17.5 Å². The Bertz CT molecular complexity index is 173. The second kappa shape index (κ2) is 1.60. The molecule has 0 spiro atoms. The first kappa shape index (κ1) is 6.35. The van der Waals surface area contributed by atoms with Gasteiger partial charge in [-0.15, -0.1) is 5.11 Å². The van der Waals surface area contributed by atoms with E-state index in [4.69, 9.17) is 5.73 Å². The van der Waals surface area contributed by atoms with Gasteiger partial charge in [0.2, 0.25) is 0 Å². The Morgan fingerprint density at radius 1 is 1.67 bits per heavy atom. The van der Waals surface area contributed by atoms with Crippen LogP contribution >= 0.6 is 0 Å². The molecule has 0 saturated carbocycles. The largest absolute Gasteiger partial charge is 0.318 e. The van der Waals surface area contributed by atoms with Crippen molar-refractivity contribution in [1.82, 2.24) is 0 Å². The maximum Gasteiger partial charge on any atom is 0.283 e. The van der Waals surface area contributed by atoms with Crippen LogP contribution < -0.4 is 5.73 Å². The summed E-state index contributed by atoms with van der Waals surface area (Å²) in [5.41, 5.74) is 4.93. The molecule has 0 aromatic carbocycles. The number of carbonyl (C=O) groups excluding carboxylic acids is 1. The minimum Gasteiger partial charge on any atom is -0.318 e. The number of nitrogens with zero attached hydrogens (tertiary/aromatic N) is 2. The second-order valence-corrected chi connectivity index (χ2v) is 2.67. The van der Waals surface area contributed by atoms with E-state index in [0.717, 1.165) is 0 Å². The molecule has 1 aliphatic rings. The van der Waals surface area contributed by atoms with Crippen molar-refractivity contribution >= 4 is 5.91 Å². The molecule has 0 aliphatic carbocycles. The monoisotopic (exact) mass is 127 g/mol. The Morgan fingerprint density at radius 2 is 2.22 bits per heavy atom. The number of hydrogen-bond donors (Lipinski definition) is 1. The molecule has 1 heterocycles. The van der Waals surface area contributed by atoms with Crippen LogP contribution in [0.2, 0.25) is 0 Å². The van der Waals surface area contributed by atoms with Gasteiger partial charge in [0.1, 0.15) is 11.6 Å². The Morgan fingerprint density at radius 3 is 2.33 bits per heavy atom. The minimum absolute atomic E-state index is 0.319. The molecule has 0 radical (unpaired) electrons. The zero-order chi connectivity index (χ0) is 7.07. The van der Waals surface area contributed by atoms with Crippen LogP contribution in [0.15, 0.2) is 10.2 Å². The summed E-state index contributed by atoms with van der Waals surface area (Å²) < 4.78 is 0. The molecule has 0 saturated heterocycles. The van der Waals surface area contributed by atoms with E-state index < -0.39 is 11.6 Å². The van der Waals surface area contributed by atoms with E-state index in [0.29, 0.717) is 0 Å². The third-order valence-corrected chi connectivity index (χ3v) is 1.43. The molecule has 1 rings (SSSR count). The van der Waals surface area contributed by atoms with Crippen molar-refractivity contribution < 1.29 is 4.79 Å². The highest BCUT2D eigenvalue weighted by Crippen LogP contribution is 2.20. The van der Waals surface area contributed by atoms with Crippen molar-refractivity contribution in [1.29, 1.82) is 0 Å². The average molecular weight is 127 g/mol. The summed E-state index contributed by atoms with van der Waals surface area (Å²) >= 11 is 0. The van der Waals surface area contributed by atoms with E-state index in [1.165, 1.54) is 0 Å². The molecule has 9 heavy (non-hydrogen) atoms. The number of hydrogen-bond acceptors (Lipinski definition) is 3. The maximum absolute atomic E-state index is 10.6. The van der Waals surface area contributed by atoms with Crippen LogP contribution in [0.1, 0.15) is 13.8 Å². The molecular formula is C5H9N3O. The molecule has 4 heteroatoms. The van der Waals surface area contributed by atoms with Crippen LogP contribution in [0.25, 0.3) is 0 Å². The normalized spacial score (nSPS) is 31.4. The fourth-order valence-corrected chi connectivity index (χ4v) is 0.605. The minimum atomic E-state index is -0.544. The first-order valence-corrected chi connectivity index (χ1v) is 2.76. The number of carbonyl (C=O) groups is 1. The van der Waals surface area contributed by atoms with Crippen molar-refractivity contribution in [2.45, 2.75) is 25.4 Å². The third-order valence-electron chi connectivity index (χ3n) is 1.43. The topological polar surface area (TPSA) is 67.8 Å². The lowest BCUT2D eigenvalue weighted by Gasteiger charge is -2.15. The average Bonchev–Trinajstić information content (AvgIpc) is 1.97. The predicted octanol–water partition coefficient (Wildman–Crippen LogP) is 0.0847. The predicted molar refractivity (Wildman–Crippen MR) is 31.9 cm³/mol. The Hall–Kier alpha value is -0.770. The Kier molecular flexibility index (Phi) is 1.13. The molecule has 1 unspecified atom stereocenters. The zero-order valence-corrected chi connectivity index (χ0v) is 5.46. The number of rotatable bonds is 0. The zero-order valence-electron chi connectivity index (χ0n) is 5.46. The van der Waals surface area contributed by atoms with Gasteiger partial charge in [0.05, 0.1) is 0 Å². The van der Waals surface area contributed by atoms with Crippen molar-refractivity contribution in [3.8, 4) is 0 Å². The summed E-state index contributed by atoms with van der Waals surface area (Å²) in [6.45, 7) is 3.57. The fourth-order valence-electron chi connectivity index (χ4n) is 0.605. The van der Waals surface area contributed by atoms with Gasteiger partial charge in [-0.2, -0.15) is 5.11 Å². The molecule has 1 aliphatic heterocycles. The molecule has 2 N–H and O–H groups in total. The lowest BCUT2D eigenvalue weighted by Crippen LogP contribution is -2.42. The van der Waals surface area contributed by atoms with Gasteiger partial charge in [0, 0.05) is 0 Å². The summed E-state index contributed by atoms with van der Waals surface area (Å²) in [5.74, 6) is -0.319. The molecular weight excluding hydrogens is 118 g/mol. The Labute approximate surface area is 53.1 Å². The molecule has 50 valence electrons. The van der Waals surface area contributed by atoms with Gasteiger partial charge in [-0.3, -0.25) is 4.79 Å². The first-order valence-electron chi connectivity index (χ1n) is 2.76. The van der Waals surface area contributed by atoms with E-state index >= 15 is 0 Å². The van der Waals surface area contributed by atoms with Gasteiger partial charge in [-0.1, -0.05) is 0 Å². The Balaban J connectivity index is 2.86. The molecule has 0 aromatic rings. The van der Waals surface area contributed by atoms with Gasteiger partial charge in [0.25, 0.3) is 5.91 Å². The smallest absolute Gasteiger partial charge is 0.283 e. The van der Waals surface area contributed by atoms with Crippen molar-refractivity contribution in [3.63, 3.8) is 0 Å². The molecule has 0 aromatic heterocycles. The van der Waals surface area contributed by atoms with E-state index in [2.05, 4.69) is 10.2 Å². The van der Waals surface area contributed by atoms with E-state index in [-0.39, 0.29) is 5.91 Å². The van der Waals surface area contributed by atoms with E-state index in [1.54, 1.807) is 13.8 Å². The first-order chi connectivity index (χ1) is 4.04. The highest BCUT2D eigenvalue weighted by molar-refractivity contribution is 5.85. The summed E-state index contributed by atoms with van der Waals surface area (Å²) in [7, 11) is 0. The molecule has 4 nitrogen and oxygen atoms in total. The van der Waals surface area contributed by atoms with Gasteiger partial charge < -0.3 is 5.73 Å². The van der Waals surface area contributed by atoms with Gasteiger partial charge in [-0.25, -0.2) is 0 Å². The quantitative estimate of drug-likeness (QED) is 0.500. The number of amides is 1. The molecule has 0 bridgehead atoms. The molecule has 0 fully saturated rings. The van der Waals surface area contributed by atoms with Gasteiger partial charge >= 0.3 is 0 Å². The highest BCUT2D eigenvalue weighted by atomic mass is 16.2. The van der Waals surface area contributed by atoms with Crippen molar-refractivity contribution in [2.24, 2.45) is 16.0 Å². The second-order valence-electron chi connectivity index (χ2n) is 2.67. The van der Waals surface area contributed by atoms with Crippen molar-refractivity contribution in [3.05, 3.63) is 0 Å². The summed E-state index contributed by atoms with van der Waals surface area (Å²) in [6, 6.07) is -0.544. The lowest BCUT2D eigenvalue weighted by molar-refractivity contribution is -0.118. The van der Waals surface area contributed by atoms with E-state index in [9.17, 15) is 4.79 Å². The van der Waals surface area contributed by atoms with Gasteiger partial charge in [-0.05, 0) is 13.8 Å². The van der Waals surface area contributed by atoms with Crippen LogP contribution in [-0.2, 0) is 4.79 Å². The lowest BCUT2D eigenvalue weighted by atomic mass is 9.98. The van der Waals surface area contributed by atoms with Crippen molar-refractivity contribution in [2.75, 3.05) is 0 Å². The van der Waals surface area contributed by atoms with Crippen LogP contribution in [0.5, 0.6) is 0 Å². The maximum atomic E-state index is 10.6. The SMILES string of the molecule is CC1(C)N=NC(=O)C1N. The standard InChI is InChI=1S/C5H9N3O/c1-5(2)3(6)4(9)7-8-5/h3H,6H2,1-2H3.